The second-order valence-corrected chi connectivity index (χ2v) is 7.82. The molecule has 4 saturated carbocycles. The van der Waals surface area contributed by atoms with E-state index in [4.69, 9.17) is 0 Å². The van der Waals surface area contributed by atoms with Crippen LogP contribution in [-0.2, 0) is 7.05 Å². The Balaban J connectivity index is 1.51. The fourth-order valence-corrected chi connectivity index (χ4v) is 5.73. The third-order valence-corrected chi connectivity index (χ3v) is 6.41. The van der Waals surface area contributed by atoms with Crippen LogP contribution >= 0.6 is 0 Å². The maximum Gasteiger partial charge on any atom is 0.269 e. The summed E-state index contributed by atoms with van der Waals surface area (Å²) in [5.41, 5.74) is 1.02. The number of hydrogen-bond donors (Lipinski definition) is 1. The van der Waals surface area contributed by atoms with Crippen molar-refractivity contribution < 1.29 is 4.79 Å². The number of aromatic nitrogens is 2. The average Bonchev–Trinajstić information content (AvgIpc) is 2.83. The van der Waals surface area contributed by atoms with E-state index in [1.165, 1.54) is 38.5 Å². The van der Waals surface area contributed by atoms with E-state index in [0.717, 1.165) is 17.8 Å². The number of nitrogens with one attached hydrogen (secondary N) is 1. The van der Waals surface area contributed by atoms with E-state index in [-0.39, 0.29) is 11.9 Å². The summed E-state index contributed by atoms with van der Waals surface area (Å²) in [6, 6.07) is 2.06. The number of carbonyl (C=O) groups excluding carboxylic acids is 1. The molecule has 4 aliphatic rings. The predicted octanol–water partition coefficient (Wildman–Crippen LogP) is 2.75. The molecular weight excluding hydrogens is 262 g/mol. The van der Waals surface area contributed by atoms with Gasteiger partial charge in [0.1, 0.15) is 5.69 Å². The van der Waals surface area contributed by atoms with Gasteiger partial charge in [-0.1, -0.05) is 0 Å². The van der Waals surface area contributed by atoms with Gasteiger partial charge in [-0.2, -0.15) is 5.10 Å². The van der Waals surface area contributed by atoms with E-state index >= 15 is 0 Å². The first-order valence-electron chi connectivity index (χ1n) is 8.34. The van der Waals surface area contributed by atoms with Crippen LogP contribution < -0.4 is 5.32 Å². The summed E-state index contributed by atoms with van der Waals surface area (Å²) in [6.07, 6.45) is 10.00. The van der Waals surface area contributed by atoms with Gasteiger partial charge in [0.25, 0.3) is 5.91 Å². The standard InChI is InChI=1S/C17H25N3O/c1-11(19-16(21)15-3-4-18-20(15)2)17-8-12-5-13(9-17)7-14(6-12)10-17/h3-4,11-14H,5-10H2,1-2H3,(H,19,21). The minimum absolute atomic E-state index is 0.0262. The Morgan fingerprint density at radius 1 is 1.29 bits per heavy atom. The lowest BCUT2D eigenvalue weighted by molar-refractivity contribution is -0.0688. The van der Waals surface area contributed by atoms with Crippen LogP contribution in [-0.4, -0.2) is 21.7 Å². The van der Waals surface area contributed by atoms with E-state index in [0.29, 0.717) is 11.1 Å². The molecule has 5 rings (SSSR count). The summed E-state index contributed by atoms with van der Waals surface area (Å²) in [6.45, 7) is 2.22. The summed E-state index contributed by atoms with van der Waals surface area (Å²) in [4.78, 5) is 12.5. The molecule has 1 atom stereocenters. The van der Waals surface area contributed by atoms with E-state index in [2.05, 4.69) is 17.3 Å². The van der Waals surface area contributed by atoms with Gasteiger partial charge in [-0.3, -0.25) is 9.48 Å². The van der Waals surface area contributed by atoms with Gasteiger partial charge in [-0.05, 0) is 74.7 Å². The second-order valence-electron chi connectivity index (χ2n) is 7.82. The SMILES string of the molecule is CC(NC(=O)c1ccnn1C)C12CC3CC(CC(C3)C1)C2. The van der Waals surface area contributed by atoms with E-state index in [1.54, 1.807) is 16.9 Å². The summed E-state index contributed by atoms with van der Waals surface area (Å²) in [5, 5.41) is 7.37. The second kappa shape index (κ2) is 4.59. The highest BCUT2D eigenvalue weighted by Gasteiger charge is 2.53. The number of aryl methyl sites for hydroxylation is 1. The summed E-state index contributed by atoms with van der Waals surface area (Å²) >= 11 is 0. The topological polar surface area (TPSA) is 46.9 Å². The van der Waals surface area contributed by atoms with Crippen molar-refractivity contribution in [1.29, 1.82) is 0 Å². The molecule has 1 aromatic rings. The molecule has 0 spiro atoms. The van der Waals surface area contributed by atoms with Crippen molar-refractivity contribution in [3.05, 3.63) is 18.0 Å². The highest BCUT2D eigenvalue weighted by atomic mass is 16.2. The van der Waals surface area contributed by atoms with Crippen molar-refractivity contribution in [1.82, 2.24) is 15.1 Å². The monoisotopic (exact) mass is 287 g/mol. The van der Waals surface area contributed by atoms with Crippen LogP contribution in [0.15, 0.2) is 12.3 Å². The molecule has 0 saturated heterocycles. The molecular formula is C17H25N3O. The largest absolute Gasteiger partial charge is 0.348 e. The molecule has 0 radical (unpaired) electrons. The van der Waals surface area contributed by atoms with Crippen LogP contribution in [0.4, 0.5) is 0 Å². The third kappa shape index (κ3) is 2.11. The van der Waals surface area contributed by atoms with Crippen molar-refractivity contribution >= 4 is 5.91 Å². The minimum atomic E-state index is 0.0262. The summed E-state index contributed by atoms with van der Waals surface area (Å²) < 4.78 is 1.65. The molecule has 0 aliphatic heterocycles. The zero-order chi connectivity index (χ0) is 14.6. The Morgan fingerprint density at radius 2 is 1.86 bits per heavy atom. The molecule has 1 heterocycles. The minimum Gasteiger partial charge on any atom is -0.348 e. The van der Waals surface area contributed by atoms with Gasteiger partial charge in [0.2, 0.25) is 0 Å². The van der Waals surface area contributed by atoms with E-state index < -0.39 is 0 Å². The first kappa shape index (κ1) is 13.4. The molecule has 114 valence electrons. The third-order valence-electron chi connectivity index (χ3n) is 6.41. The Kier molecular flexibility index (Phi) is 2.92. The molecule has 1 unspecified atom stereocenters. The quantitative estimate of drug-likeness (QED) is 0.929. The van der Waals surface area contributed by atoms with Crippen LogP contribution in [0.25, 0.3) is 0 Å². The zero-order valence-electron chi connectivity index (χ0n) is 13.0. The Labute approximate surface area is 126 Å². The van der Waals surface area contributed by atoms with Crippen molar-refractivity contribution in [3.63, 3.8) is 0 Å². The van der Waals surface area contributed by atoms with E-state index in [1.807, 2.05) is 7.05 Å². The maximum absolute atomic E-state index is 12.5. The number of nitrogens with zero attached hydrogens (tertiary/aromatic N) is 2. The lowest BCUT2D eigenvalue weighted by Crippen LogP contribution is -2.55. The normalized spacial score (nSPS) is 38.5. The average molecular weight is 287 g/mol. The number of rotatable bonds is 3. The molecule has 1 aromatic heterocycles. The van der Waals surface area contributed by atoms with Crippen LogP contribution in [0, 0.1) is 23.2 Å². The van der Waals surface area contributed by atoms with Gasteiger partial charge in [-0.25, -0.2) is 0 Å². The molecule has 4 heteroatoms. The van der Waals surface area contributed by atoms with Gasteiger partial charge in [0.05, 0.1) is 0 Å². The fourth-order valence-electron chi connectivity index (χ4n) is 5.73. The van der Waals surface area contributed by atoms with Crippen LogP contribution in [0.2, 0.25) is 0 Å². The molecule has 21 heavy (non-hydrogen) atoms. The molecule has 4 bridgehead atoms. The Hall–Kier alpha value is -1.32. The maximum atomic E-state index is 12.5. The van der Waals surface area contributed by atoms with E-state index in [9.17, 15) is 4.79 Å². The zero-order valence-corrected chi connectivity index (χ0v) is 13.0. The number of amides is 1. The van der Waals surface area contributed by atoms with Crippen LogP contribution in [0.3, 0.4) is 0 Å². The lowest BCUT2D eigenvalue weighted by atomic mass is 9.48. The van der Waals surface area contributed by atoms with Crippen molar-refractivity contribution in [2.45, 2.75) is 51.5 Å². The first-order valence-corrected chi connectivity index (χ1v) is 8.34. The predicted molar refractivity (Wildman–Crippen MR) is 80.7 cm³/mol. The highest BCUT2D eigenvalue weighted by Crippen LogP contribution is 2.61. The molecule has 4 fully saturated rings. The lowest BCUT2D eigenvalue weighted by Gasteiger charge is -2.59. The molecule has 1 amide bonds. The van der Waals surface area contributed by atoms with Gasteiger partial charge in [0, 0.05) is 19.3 Å². The molecule has 0 aromatic carbocycles. The van der Waals surface area contributed by atoms with Crippen molar-refractivity contribution in [3.8, 4) is 0 Å². The Bertz CT molecular complexity index is 527. The summed E-state index contributed by atoms with van der Waals surface area (Å²) in [5.74, 6) is 2.80. The van der Waals surface area contributed by atoms with Crippen LogP contribution in [0.5, 0.6) is 0 Å². The molecule has 4 aliphatic carbocycles. The van der Waals surface area contributed by atoms with Crippen molar-refractivity contribution in [2.75, 3.05) is 0 Å². The van der Waals surface area contributed by atoms with Gasteiger partial charge >= 0.3 is 0 Å². The smallest absolute Gasteiger partial charge is 0.269 e. The number of carbonyl (C=O) groups is 1. The van der Waals surface area contributed by atoms with Crippen LogP contribution in [0.1, 0.15) is 55.9 Å². The van der Waals surface area contributed by atoms with Gasteiger partial charge in [0.15, 0.2) is 0 Å². The molecule has 4 nitrogen and oxygen atoms in total. The first-order chi connectivity index (χ1) is 10.1. The fraction of sp³-hybridized carbons (Fsp3) is 0.765. The van der Waals surface area contributed by atoms with Gasteiger partial charge in [-0.15, -0.1) is 0 Å². The Morgan fingerprint density at radius 3 is 2.33 bits per heavy atom. The van der Waals surface area contributed by atoms with Crippen molar-refractivity contribution in [2.24, 2.45) is 30.2 Å². The number of hydrogen-bond acceptors (Lipinski definition) is 2. The molecule has 1 N–H and O–H groups in total. The summed E-state index contributed by atoms with van der Waals surface area (Å²) in [7, 11) is 1.82. The highest BCUT2D eigenvalue weighted by molar-refractivity contribution is 5.92. The van der Waals surface area contributed by atoms with Gasteiger partial charge < -0.3 is 5.32 Å².